The minimum Gasteiger partial charge on any atom is -0.457 e. The Morgan fingerprint density at radius 2 is 2.44 bits per heavy atom. The number of aliphatic imine (C=N–C) groups is 1. The third-order valence-electron chi connectivity index (χ3n) is 2.27. The van der Waals surface area contributed by atoms with Gasteiger partial charge in [0, 0.05) is 23.7 Å². The van der Waals surface area contributed by atoms with Crippen LogP contribution in [0.4, 0.5) is 5.82 Å². The van der Waals surface area contributed by atoms with Crippen molar-refractivity contribution in [1.82, 2.24) is 4.98 Å². The maximum atomic E-state index is 10.2. The summed E-state index contributed by atoms with van der Waals surface area (Å²) in [6, 6.07) is 2.93. The lowest BCUT2D eigenvalue weighted by Crippen LogP contribution is -2.09. The molecule has 0 amide bonds. The summed E-state index contributed by atoms with van der Waals surface area (Å²) in [5.41, 5.74) is 5.54. The van der Waals surface area contributed by atoms with Crippen LogP contribution in [-0.2, 0) is 4.79 Å². The van der Waals surface area contributed by atoms with Crippen molar-refractivity contribution in [3.63, 3.8) is 0 Å². The van der Waals surface area contributed by atoms with Crippen LogP contribution in [0.25, 0.3) is 0 Å². The molecule has 0 radical (unpaired) electrons. The summed E-state index contributed by atoms with van der Waals surface area (Å²) in [5.74, 6) is 1.42. The summed E-state index contributed by atoms with van der Waals surface area (Å²) >= 11 is 5.95. The topological polar surface area (TPSA) is 77.6 Å². The van der Waals surface area contributed by atoms with Crippen LogP contribution in [0.5, 0.6) is 5.75 Å². The van der Waals surface area contributed by atoms with E-state index < -0.39 is 0 Å². The molecule has 0 spiro atoms. The molecule has 2 N–H and O–H groups in total. The van der Waals surface area contributed by atoms with Crippen molar-refractivity contribution < 1.29 is 9.53 Å². The fraction of sp³-hybridized carbons (Fsp3) is 0.167. The molecule has 1 aromatic rings. The molecule has 0 saturated heterocycles. The number of anilines is 1. The monoisotopic (exact) mass is 263 g/mol. The highest BCUT2D eigenvalue weighted by Crippen LogP contribution is 2.25. The number of nitrogen functional groups attached to an aromatic ring is 1. The quantitative estimate of drug-likeness (QED) is 0.670. The number of rotatable bonds is 3. The Labute approximate surface area is 109 Å². The first-order valence-corrected chi connectivity index (χ1v) is 5.59. The first-order chi connectivity index (χ1) is 8.67. The van der Waals surface area contributed by atoms with E-state index in [1.54, 1.807) is 30.5 Å². The minimum absolute atomic E-state index is 0.339. The molecule has 1 aliphatic carbocycles. The van der Waals surface area contributed by atoms with E-state index in [0.29, 0.717) is 28.8 Å². The second-order valence-electron chi connectivity index (χ2n) is 3.67. The van der Waals surface area contributed by atoms with Gasteiger partial charge >= 0.3 is 0 Å². The predicted octanol–water partition coefficient (Wildman–Crippen LogP) is 2.16. The lowest BCUT2D eigenvalue weighted by molar-refractivity contribution is 0.435. The summed E-state index contributed by atoms with van der Waals surface area (Å²) in [5, 5.41) is 0.568. The van der Waals surface area contributed by atoms with Crippen LogP contribution in [0.3, 0.4) is 0 Å². The molecule has 1 unspecified atom stereocenters. The molecule has 0 fully saturated rings. The highest BCUT2D eigenvalue weighted by Gasteiger charge is 2.14. The van der Waals surface area contributed by atoms with Crippen molar-refractivity contribution in [1.29, 1.82) is 0 Å². The molecular weight excluding hydrogens is 254 g/mol. The molecule has 1 aliphatic rings. The van der Waals surface area contributed by atoms with Gasteiger partial charge in [-0.2, -0.15) is 4.99 Å². The van der Waals surface area contributed by atoms with Gasteiger partial charge in [0.15, 0.2) is 0 Å². The smallest absolute Gasteiger partial charge is 0.235 e. The van der Waals surface area contributed by atoms with Crippen LogP contribution < -0.4 is 10.5 Å². The van der Waals surface area contributed by atoms with Gasteiger partial charge in [-0.15, -0.1) is 0 Å². The molecule has 0 aliphatic heterocycles. The number of carbonyl (C=O) groups excluding carboxylic acids is 1. The molecule has 5 nitrogen and oxygen atoms in total. The average Bonchev–Trinajstić information content (AvgIpc) is 2.28. The van der Waals surface area contributed by atoms with Crippen molar-refractivity contribution in [3.8, 4) is 5.75 Å². The number of hydrogen-bond acceptors (Lipinski definition) is 5. The zero-order valence-corrected chi connectivity index (χ0v) is 10.1. The van der Waals surface area contributed by atoms with Gasteiger partial charge in [-0.25, -0.2) is 9.78 Å². The van der Waals surface area contributed by atoms with E-state index >= 15 is 0 Å². The lowest BCUT2D eigenvalue weighted by atomic mass is 10.1. The summed E-state index contributed by atoms with van der Waals surface area (Å²) in [4.78, 5) is 17.7. The summed E-state index contributed by atoms with van der Waals surface area (Å²) in [7, 11) is 0. The Morgan fingerprint density at radius 3 is 3.17 bits per heavy atom. The number of isocyanates is 1. The molecule has 1 aromatic heterocycles. The van der Waals surface area contributed by atoms with E-state index in [0.717, 1.165) is 0 Å². The number of nitrogens with two attached hydrogens (primary N) is 1. The van der Waals surface area contributed by atoms with E-state index in [1.165, 1.54) is 6.08 Å². The molecule has 0 saturated carbocycles. The van der Waals surface area contributed by atoms with Gasteiger partial charge in [-0.1, -0.05) is 11.6 Å². The third-order valence-corrected chi connectivity index (χ3v) is 2.53. The largest absolute Gasteiger partial charge is 0.457 e. The standard InChI is InChI=1S/C12H10ClN3O2/c13-8-3-9(16-7-17)5-11(4-8)18-10-1-2-15-12(14)6-10/h1-2,4-6,9H,3H2,(H2,14,15). The zero-order chi connectivity index (χ0) is 13.0. The minimum atomic E-state index is -0.339. The average molecular weight is 264 g/mol. The molecule has 6 heteroatoms. The number of nitrogens with zero attached hydrogens (tertiary/aromatic N) is 2. The second-order valence-corrected chi connectivity index (χ2v) is 4.16. The second kappa shape index (κ2) is 5.49. The summed E-state index contributed by atoms with van der Waals surface area (Å²) < 4.78 is 5.57. The summed E-state index contributed by atoms with van der Waals surface area (Å²) in [6.45, 7) is 0. The Bertz CT molecular complexity index is 562. The maximum Gasteiger partial charge on any atom is 0.235 e. The molecule has 2 rings (SSSR count). The Kier molecular flexibility index (Phi) is 3.77. The van der Waals surface area contributed by atoms with Gasteiger partial charge in [-0.3, -0.25) is 0 Å². The zero-order valence-electron chi connectivity index (χ0n) is 9.34. The molecule has 18 heavy (non-hydrogen) atoms. The Morgan fingerprint density at radius 1 is 1.61 bits per heavy atom. The van der Waals surface area contributed by atoms with Crippen LogP contribution in [0.1, 0.15) is 6.42 Å². The molecule has 1 atom stereocenters. The van der Waals surface area contributed by atoms with Gasteiger partial charge in [0.05, 0.1) is 6.04 Å². The number of ether oxygens (including phenoxy) is 1. The van der Waals surface area contributed by atoms with Crippen LogP contribution >= 0.6 is 11.6 Å². The van der Waals surface area contributed by atoms with E-state index in [9.17, 15) is 4.79 Å². The van der Waals surface area contributed by atoms with Crippen molar-refractivity contribution in [2.24, 2.45) is 4.99 Å². The van der Waals surface area contributed by atoms with E-state index in [1.807, 2.05) is 0 Å². The fourth-order valence-corrected chi connectivity index (χ4v) is 1.82. The number of hydrogen-bond donors (Lipinski definition) is 1. The first kappa shape index (κ1) is 12.4. The van der Waals surface area contributed by atoms with Gasteiger partial charge in [0.2, 0.25) is 6.08 Å². The fourth-order valence-electron chi connectivity index (χ4n) is 1.55. The number of halogens is 1. The van der Waals surface area contributed by atoms with E-state index in [4.69, 9.17) is 22.1 Å². The van der Waals surface area contributed by atoms with Crippen LogP contribution in [-0.4, -0.2) is 17.1 Å². The van der Waals surface area contributed by atoms with Crippen molar-refractivity contribution in [2.45, 2.75) is 12.5 Å². The summed E-state index contributed by atoms with van der Waals surface area (Å²) in [6.07, 6.45) is 6.90. The Hall–Kier alpha value is -2.10. The van der Waals surface area contributed by atoms with Gasteiger partial charge in [-0.05, 0) is 18.2 Å². The normalized spacial score (nSPS) is 18.4. The molecular formula is C12H10ClN3O2. The Balaban J connectivity index is 2.19. The molecule has 0 aromatic carbocycles. The number of pyridine rings is 1. The van der Waals surface area contributed by atoms with Gasteiger partial charge in [0.1, 0.15) is 17.3 Å². The first-order valence-electron chi connectivity index (χ1n) is 5.21. The predicted molar refractivity (Wildman–Crippen MR) is 67.8 cm³/mol. The molecule has 0 bridgehead atoms. The van der Waals surface area contributed by atoms with Crippen LogP contribution in [0.2, 0.25) is 0 Å². The van der Waals surface area contributed by atoms with E-state index in [-0.39, 0.29) is 6.04 Å². The highest BCUT2D eigenvalue weighted by molar-refractivity contribution is 6.29. The van der Waals surface area contributed by atoms with Crippen LogP contribution in [0, 0.1) is 0 Å². The maximum absolute atomic E-state index is 10.2. The van der Waals surface area contributed by atoms with Gasteiger partial charge < -0.3 is 10.5 Å². The van der Waals surface area contributed by atoms with Crippen molar-refractivity contribution in [3.05, 3.63) is 41.3 Å². The van der Waals surface area contributed by atoms with Gasteiger partial charge in [0.25, 0.3) is 0 Å². The van der Waals surface area contributed by atoms with Crippen LogP contribution in [0.15, 0.2) is 46.3 Å². The lowest BCUT2D eigenvalue weighted by Gasteiger charge is -2.15. The SMILES string of the molecule is Nc1cc(OC2=CC(N=C=O)CC(Cl)=C2)ccn1. The van der Waals surface area contributed by atoms with E-state index in [2.05, 4.69) is 9.98 Å². The van der Waals surface area contributed by atoms with Crippen molar-refractivity contribution in [2.75, 3.05) is 5.73 Å². The molecule has 1 heterocycles. The van der Waals surface area contributed by atoms with Crippen molar-refractivity contribution >= 4 is 23.5 Å². The molecule has 92 valence electrons. The number of aromatic nitrogens is 1. The number of allylic oxidation sites excluding steroid dienone is 1. The third kappa shape index (κ3) is 3.20. The highest BCUT2D eigenvalue weighted by atomic mass is 35.5.